The zero-order valence-electron chi connectivity index (χ0n) is 12.5. The summed E-state index contributed by atoms with van der Waals surface area (Å²) in [5.74, 6) is 0.474. The summed E-state index contributed by atoms with van der Waals surface area (Å²) in [6.45, 7) is 3.51. The Morgan fingerprint density at radius 3 is 2.82 bits per heavy atom. The van der Waals surface area contributed by atoms with E-state index in [1.807, 2.05) is 19.1 Å². The molecule has 2 rings (SSSR count). The van der Waals surface area contributed by atoms with E-state index in [9.17, 15) is 9.59 Å². The van der Waals surface area contributed by atoms with Gasteiger partial charge in [-0.05, 0) is 31.5 Å². The molecule has 2 N–H and O–H groups in total. The summed E-state index contributed by atoms with van der Waals surface area (Å²) in [6.07, 6.45) is 0. The molecular weight excluding hydrogens is 304 g/mol. The van der Waals surface area contributed by atoms with E-state index in [4.69, 9.17) is 4.74 Å². The zero-order chi connectivity index (χ0) is 16.1. The fraction of sp³-hybridized carbons (Fsp3) is 0.286. The molecule has 0 spiro atoms. The number of benzene rings is 1. The Morgan fingerprint density at radius 1 is 1.36 bits per heavy atom. The van der Waals surface area contributed by atoms with E-state index in [2.05, 4.69) is 20.5 Å². The van der Waals surface area contributed by atoms with Crippen LogP contribution in [0.25, 0.3) is 0 Å². The molecule has 0 fully saturated rings. The van der Waals surface area contributed by atoms with Crippen molar-refractivity contribution in [3.63, 3.8) is 0 Å². The van der Waals surface area contributed by atoms with Gasteiger partial charge in [0, 0.05) is 0 Å². The van der Waals surface area contributed by atoms with Gasteiger partial charge in [-0.2, -0.15) is 0 Å². The second-order valence-electron chi connectivity index (χ2n) is 4.59. The smallest absolute Gasteiger partial charge is 0.273 e. The highest BCUT2D eigenvalue weighted by Gasteiger charge is 2.09. The number of aromatic amines is 1. The predicted molar refractivity (Wildman–Crippen MR) is 84.5 cm³/mol. The molecule has 0 radical (unpaired) electrons. The molecule has 1 heterocycles. The van der Waals surface area contributed by atoms with Gasteiger partial charge in [0.1, 0.15) is 11.4 Å². The highest BCUT2D eigenvalue weighted by molar-refractivity contribution is 7.99. The van der Waals surface area contributed by atoms with Crippen LogP contribution in [0.1, 0.15) is 11.3 Å². The third-order valence-corrected chi connectivity index (χ3v) is 3.67. The number of ether oxygens (including phenoxy) is 1. The van der Waals surface area contributed by atoms with Gasteiger partial charge in [-0.3, -0.25) is 14.6 Å². The maximum absolute atomic E-state index is 12.0. The minimum atomic E-state index is -0.307. The number of methoxy groups -OCH3 is 1. The van der Waals surface area contributed by atoms with Crippen molar-refractivity contribution in [2.45, 2.75) is 19.0 Å². The number of amides is 1. The number of H-pyrrole nitrogens is 1. The lowest BCUT2D eigenvalue weighted by atomic mass is 10.2. The molecule has 0 saturated heterocycles. The molecule has 0 aliphatic heterocycles. The van der Waals surface area contributed by atoms with E-state index in [0.29, 0.717) is 16.6 Å². The van der Waals surface area contributed by atoms with Crippen LogP contribution in [-0.4, -0.2) is 34.0 Å². The molecule has 8 heteroatoms. The number of hydrogen-bond acceptors (Lipinski definition) is 6. The highest BCUT2D eigenvalue weighted by Crippen LogP contribution is 2.25. The molecule has 0 bridgehead atoms. The van der Waals surface area contributed by atoms with Crippen LogP contribution in [0, 0.1) is 13.8 Å². The number of aromatic nitrogens is 3. The fourth-order valence-electron chi connectivity index (χ4n) is 1.67. The Balaban J connectivity index is 1.98. The number of carbonyl (C=O) groups excluding carboxylic acids is 1. The second kappa shape index (κ2) is 7.08. The quantitative estimate of drug-likeness (QED) is 0.811. The fourth-order valence-corrected chi connectivity index (χ4v) is 2.27. The maximum Gasteiger partial charge on any atom is 0.273 e. The Hall–Kier alpha value is -2.35. The topological polar surface area (TPSA) is 97.0 Å². The molecule has 1 amide bonds. The van der Waals surface area contributed by atoms with Crippen molar-refractivity contribution in [3.05, 3.63) is 39.8 Å². The van der Waals surface area contributed by atoms with Crippen LogP contribution in [0.15, 0.2) is 28.2 Å². The summed E-state index contributed by atoms with van der Waals surface area (Å²) >= 11 is 1.11. The molecule has 116 valence electrons. The number of rotatable bonds is 5. The Kier molecular flexibility index (Phi) is 5.16. The molecule has 2 aromatic rings. The highest BCUT2D eigenvalue weighted by atomic mass is 32.2. The summed E-state index contributed by atoms with van der Waals surface area (Å²) in [7, 11) is 1.55. The molecule has 0 aliphatic rings. The van der Waals surface area contributed by atoms with Gasteiger partial charge >= 0.3 is 0 Å². The summed E-state index contributed by atoms with van der Waals surface area (Å²) in [5, 5.41) is 10.6. The number of nitrogens with zero attached hydrogens (tertiary/aromatic N) is 2. The van der Waals surface area contributed by atoms with Gasteiger partial charge in [0.15, 0.2) is 5.16 Å². The van der Waals surface area contributed by atoms with Gasteiger partial charge in [-0.15, -0.1) is 10.2 Å². The average molecular weight is 320 g/mol. The van der Waals surface area contributed by atoms with Crippen molar-refractivity contribution in [3.8, 4) is 5.75 Å². The number of hydrogen-bond donors (Lipinski definition) is 2. The minimum Gasteiger partial charge on any atom is -0.495 e. The lowest BCUT2D eigenvalue weighted by Crippen LogP contribution is -2.17. The average Bonchev–Trinajstić information content (AvgIpc) is 2.50. The first-order valence-corrected chi connectivity index (χ1v) is 7.49. The van der Waals surface area contributed by atoms with Crippen molar-refractivity contribution >= 4 is 23.4 Å². The van der Waals surface area contributed by atoms with Gasteiger partial charge < -0.3 is 10.1 Å². The van der Waals surface area contributed by atoms with Gasteiger partial charge in [0.25, 0.3) is 5.56 Å². The Morgan fingerprint density at radius 2 is 2.14 bits per heavy atom. The summed E-state index contributed by atoms with van der Waals surface area (Å²) in [4.78, 5) is 25.9. The van der Waals surface area contributed by atoms with Crippen molar-refractivity contribution < 1.29 is 9.53 Å². The molecule has 0 unspecified atom stereocenters. The monoisotopic (exact) mass is 320 g/mol. The van der Waals surface area contributed by atoms with Crippen LogP contribution in [0.2, 0.25) is 0 Å². The van der Waals surface area contributed by atoms with E-state index < -0.39 is 0 Å². The largest absolute Gasteiger partial charge is 0.495 e. The number of thioether (sulfide) groups is 1. The third kappa shape index (κ3) is 4.08. The SMILES string of the molecule is COc1cc(C)ccc1NC(=O)CSc1nnc(C)c(=O)[nH]1. The van der Waals surface area contributed by atoms with E-state index >= 15 is 0 Å². The van der Waals surface area contributed by atoms with Crippen LogP contribution >= 0.6 is 11.8 Å². The normalized spacial score (nSPS) is 10.3. The van der Waals surface area contributed by atoms with Gasteiger partial charge in [0.2, 0.25) is 5.91 Å². The van der Waals surface area contributed by atoms with Crippen LogP contribution in [0.5, 0.6) is 5.75 Å². The predicted octanol–water partition coefficient (Wildman–Crippen LogP) is 1.52. The van der Waals surface area contributed by atoms with Crippen molar-refractivity contribution in [2.24, 2.45) is 0 Å². The zero-order valence-corrected chi connectivity index (χ0v) is 13.3. The summed E-state index contributed by atoms with van der Waals surface area (Å²) in [6, 6.07) is 5.50. The Labute approximate surface area is 131 Å². The Bertz CT molecular complexity index is 745. The first kappa shape index (κ1) is 16.0. The first-order chi connectivity index (χ1) is 10.5. The third-order valence-electron chi connectivity index (χ3n) is 2.81. The number of carbonyl (C=O) groups is 1. The number of anilines is 1. The van der Waals surface area contributed by atoms with Gasteiger partial charge in [-0.1, -0.05) is 17.8 Å². The summed E-state index contributed by atoms with van der Waals surface area (Å²) in [5.41, 5.74) is 1.62. The van der Waals surface area contributed by atoms with E-state index in [0.717, 1.165) is 17.3 Å². The second-order valence-corrected chi connectivity index (χ2v) is 5.55. The molecule has 1 aromatic heterocycles. The number of aryl methyl sites for hydroxylation is 2. The maximum atomic E-state index is 12.0. The van der Waals surface area contributed by atoms with Gasteiger partial charge in [-0.25, -0.2) is 0 Å². The van der Waals surface area contributed by atoms with E-state index in [1.54, 1.807) is 20.1 Å². The molecular formula is C14H16N4O3S. The molecule has 1 aromatic carbocycles. The lowest BCUT2D eigenvalue weighted by molar-refractivity contribution is -0.113. The van der Waals surface area contributed by atoms with Crippen LogP contribution < -0.4 is 15.6 Å². The van der Waals surface area contributed by atoms with Crippen molar-refractivity contribution in [1.29, 1.82) is 0 Å². The lowest BCUT2D eigenvalue weighted by Gasteiger charge is -2.10. The van der Waals surface area contributed by atoms with Crippen molar-refractivity contribution in [2.75, 3.05) is 18.2 Å². The standard InChI is InChI=1S/C14H16N4O3S/c1-8-4-5-10(11(6-8)21-3)15-12(19)7-22-14-16-13(20)9(2)17-18-14/h4-6H,7H2,1-3H3,(H,15,19)(H,16,18,20). The van der Waals surface area contributed by atoms with Crippen LogP contribution in [-0.2, 0) is 4.79 Å². The molecule has 0 aliphatic carbocycles. The van der Waals surface area contributed by atoms with Gasteiger partial charge in [0.05, 0.1) is 18.6 Å². The molecule has 22 heavy (non-hydrogen) atoms. The minimum absolute atomic E-state index is 0.102. The summed E-state index contributed by atoms with van der Waals surface area (Å²) < 4.78 is 5.23. The molecule has 0 saturated carbocycles. The van der Waals surface area contributed by atoms with Crippen LogP contribution in [0.3, 0.4) is 0 Å². The molecule has 7 nitrogen and oxygen atoms in total. The van der Waals surface area contributed by atoms with E-state index in [1.165, 1.54) is 0 Å². The number of nitrogens with one attached hydrogen (secondary N) is 2. The van der Waals surface area contributed by atoms with Crippen molar-refractivity contribution in [1.82, 2.24) is 15.2 Å². The van der Waals surface area contributed by atoms with Crippen LogP contribution in [0.4, 0.5) is 5.69 Å². The van der Waals surface area contributed by atoms with E-state index in [-0.39, 0.29) is 22.9 Å². The first-order valence-electron chi connectivity index (χ1n) is 6.50. The molecule has 0 atom stereocenters.